The van der Waals surface area contributed by atoms with Gasteiger partial charge in [-0.3, -0.25) is 9.89 Å². The Morgan fingerprint density at radius 3 is 3.00 bits per heavy atom. The lowest BCUT2D eigenvalue weighted by Gasteiger charge is -1.87. The van der Waals surface area contributed by atoms with Gasteiger partial charge in [0.25, 0.3) is 0 Å². The van der Waals surface area contributed by atoms with Crippen LogP contribution in [0.3, 0.4) is 0 Å². The predicted molar refractivity (Wildman–Crippen MR) is 60.9 cm³/mol. The van der Waals surface area contributed by atoms with Gasteiger partial charge in [-0.05, 0) is 34.1 Å². The van der Waals surface area contributed by atoms with Crippen molar-refractivity contribution in [3.05, 3.63) is 27.7 Å². The maximum atomic E-state index is 10.5. The minimum Gasteiger partial charge on any atom is -0.481 e. The molecule has 0 aliphatic carbocycles. The highest BCUT2D eigenvalue weighted by Crippen LogP contribution is 2.30. The van der Waals surface area contributed by atoms with Crippen molar-refractivity contribution in [3.63, 3.8) is 0 Å². The van der Waals surface area contributed by atoms with Crippen LogP contribution in [0.1, 0.15) is 5.69 Å². The number of H-pyrrole nitrogens is 1. The second kappa shape index (κ2) is 4.16. The number of nitrogens with zero attached hydrogens (tertiary/aromatic N) is 1. The second-order valence-electron chi connectivity index (χ2n) is 2.95. The molecule has 6 heteroatoms. The fraction of sp³-hybridized carbons (Fsp3) is 0.111. The van der Waals surface area contributed by atoms with E-state index in [0.717, 1.165) is 14.4 Å². The van der Waals surface area contributed by atoms with Crippen LogP contribution < -0.4 is 0 Å². The quantitative estimate of drug-likeness (QED) is 0.911. The fourth-order valence-corrected chi connectivity index (χ4v) is 2.54. The second-order valence-corrected chi connectivity index (χ2v) is 5.42. The molecule has 0 saturated heterocycles. The molecule has 0 bridgehead atoms. The summed E-state index contributed by atoms with van der Waals surface area (Å²) in [5, 5.41) is 15.4. The van der Waals surface area contributed by atoms with Crippen LogP contribution in [-0.2, 0) is 11.2 Å². The van der Waals surface area contributed by atoms with Gasteiger partial charge in [0, 0.05) is 5.69 Å². The Labute approximate surface area is 98.1 Å². The molecule has 4 nitrogen and oxygen atoms in total. The first-order valence-corrected chi connectivity index (χ1v) is 5.78. The van der Waals surface area contributed by atoms with Crippen molar-refractivity contribution in [2.45, 2.75) is 6.42 Å². The van der Waals surface area contributed by atoms with E-state index in [1.807, 2.05) is 12.1 Å². The largest absolute Gasteiger partial charge is 0.481 e. The third-order valence-corrected chi connectivity index (χ3v) is 3.44. The van der Waals surface area contributed by atoms with E-state index in [1.54, 1.807) is 17.4 Å². The first kappa shape index (κ1) is 10.4. The van der Waals surface area contributed by atoms with Crippen molar-refractivity contribution in [2.24, 2.45) is 0 Å². The molecule has 0 spiro atoms. The van der Waals surface area contributed by atoms with E-state index in [2.05, 4.69) is 26.1 Å². The summed E-state index contributed by atoms with van der Waals surface area (Å²) in [6.07, 6.45) is -0.0282. The van der Waals surface area contributed by atoms with E-state index >= 15 is 0 Å². The van der Waals surface area contributed by atoms with Crippen LogP contribution >= 0.6 is 27.3 Å². The van der Waals surface area contributed by atoms with Crippen LogP contribution in [0.4, 0.5) is 0 Å². The van der Waals surface area contributed by atoms with Crippen LogP contribution in [-0.4, -0.2) is 21.3 Å². The lowest BCUT2D eigenvalue weighted by atomic mass is 10.2. The van der Waals surface area contributed by atoms with E-state index in [9.17, 15) is 4.79 Å². The van der Waals surface area contributed by atoms with Gasteiger partial charge in [0.1, 0.15) is 5.69 Å². The molecule has 2 heterocycles. The Bertz CT molecular complexity index is 492. The molecule has 0 radical (unpaired) electrons. The number of rotatable bonds is 3. The summed E-state index contributed by atoms with van der Waals surface area (Å²) >= 11 is 4.92. The van der Waals surface area contributed by atoms with Gasteiger partial charge in [-0.2, -0.15) is 5.10 Å². The van der Waals surface area contributed by atoms with Crippen molar-refractivity contribution in [2.75, 3.05) is 0 Å². The highest BCUT2D eigenvalue weighted by Gasteiger charge is 2.08. The molecule has 0 fully saturated rings. The van der Waals surface area contributed by atoms with Gasteiger partial charge in [0.2, 0.25) is 0 Å². The smallest absolute Gasteiger partial charge is 0.309 e. The van der Waals surface area contributed by atoms with Crippen LogP contribution in [0, 0.1) is 0 Å². The average Bonchev–Trinajstić information content (AvgIpc) is 2.72. The monoisotopic (exact) mass is 286 g/mol. The van der Waals surface area contributed by atoms with Gasteiger partial charge < -0.3 is 5.11 Å². The van der Waals surface area contributed by atoms with Gasteiger partial charge in [0.05, 0.1) is 15.1 Å². The van der Waals surface area contributed by atoms with Crippen LogP contribution in [0.15, 0.2) is 22.0 Å². The predicted octanol–water partition coefficient (Wildman–Crippen LogP) is 2.53. The van der Waals surface area contributed by atoms with E-state index in [4.69, 9.17) is 5.11 Å². The van der Waals surface area contributed by atoms with Gasteiger partial charge in [-0.25, -0.2) is 0 Å². The zero-order chi connectivity index (χ0) is 10.8. The molecule has 78 valence electrons. The zero-order valence-corrected chi connectivity index (χ0v) is 9.93. The lowest BCUT2D eigenvalue weighted by molar-refractivity contribution is -0.136. The molecule has 0 unspecified atom stereocenters. The topological polar surface area (TPSA) is 66.0 Å². The molecule has 2 aromatic heterocycles. The molecule has 0 atom stereocenters. The zero-order valence-electron chi connectivity index (χ0n) is 7.53. The molecule has 0 aliphatic rings. The van der Waals surface area contributed by atoms with Crippen LogP contribution in [0.2, 0.25) is 0 Å². The molecular weight excluding hydrogens is 280 g/mol. The number of aromatic amines is 1. The summed E-state index contributed by atoms with van der Waals surface area (Å²) in [4.78, 5) is 11.5. The maximum Gasteiger partial charge on any atom is 0.309 e. The van der Waals surface area contributed by atoms with Crippen LogP contribution in [0.5, 0.6) is 0 Å². The van der Waals surface area contributed by atoms with Gasteiger partial charge in [-0.15, -0.1) is 11.3 Å². The Morgan fingerprint density at radius 1 is 1.60 bits per heavy atom. The van der Waals surface area contributed by atoms with Crippen LogP contribution in [0.25, 0.3) is 10.6 Å². The number of thiophene rings is 1. The average molecular weight is 287 g/mol. The van der Waals surface area contributed by atoms with Gasteiger partial charge in [0.15, 0.2) is 0 Å². The van der Waals surface area contributed by atoms with E-state index in [-0.39, 0.29) is 6.42 Å². The Hall–Kier alpha value is -1.14. The van der Waals surface area contributed by atoms with E-state index < -0.39 is 5.97 Å². The van der Waals surface area contributed by atoms with Crippen molar-refractivity contribution >= 4 is 33.2 Å². The van der Waals surface area contributed by atoms with E-state index in [1.165, 1.54) is 0 Å². The molecule has 0 amide bonds. The number of halogens is 1. The lowest BCUT2D eigenvalue weighted by Crippen LogP contribution is -1.99. The minimum absolute atomic E-state index is 0.0282. The Balaban J connectivity index is 2.23. The molecule has 0 saturated carbocycles. The number of hydrogen-bond acceptors (Lipinski definition) is 3. The number of aromatic nitrogens is 2. The molecule has 15 heavy (non-hydrogen) atoms. The Morgan fingerprint density at radius 2 is 2.40 bits per heavy atom. The first-order chi connectivity index (χ1) is 7.15. The summed E-state index contributed by atoms with van der Waals surface area (Å²) in [6, 6.07) is 5.63. The number of carbonyl (C=O) groups is 1. The number of nitrogens with one attached hydrogen (secondary N) is 1. The standard InChI is InChI=1S/C9H7BrN2O2S/c10-8-2-1-7(15-8)6-3-5(11-12-6)4-9(13)14/h1-3H,4H2,(H,11,12)(H,13,14). The van der Waals surface area contributed by atoms with Crippen molar-refractivity contribution < 1.29 is 9.90 Å². The third-order valence-electron chi connectivity index (χ3n) is 1.80. The summed E-state index contributed by atoms with van der Waals surface area (Å²) in [5.74, 6) is -0.863. The van der Waals surface area contributed by atoms with Crippen molar-refractivity contribution in [3.8, 4) is 10.6 Å². The molecule has 2 aromatic rings. The maximum absolute atomic E-state index is 10.5. The number of carboxylic acid groups (broad SMARTS) is 1. The van der Waals surface area contributed by atoms with Crippen molar-refractivity contribution in [1.29, 1.82) is 0 Å². The molecule has 0 aromatic carbocycles. The molecule has 2 N–H and O–H groups in total. The van der Waals surface area contributed by atoms with Gasteiger partial charge >= 0.3 is 5.97 Å². The highest BCUT2D eigenvalue weighted by molar-refractivity contribution is 9.11. The third kappa shape index (κ3) is 2.45. The highest BCUT2D eigenvalue weighted by atomic mass is 79.9. The van der Waals surface area contributed by atoms with Crippen molar-refractivity contribution in [1.82, 2.24) is 10.2 Å². The first-order valence-electron chi connectivity index (χ1n) is 4.17. The number of aliphatic carboxylic acids is 1. The molecule has 0 aliphatic heterocycles. The normalized spacial score (nSPS) is 10.5. The summed E-state index contributed by atoms with van der Waals surface area (Å²) in [7, 11) is 0. The Kier molecular flexibility index (Phi) is 2.88. The number of hydrogen-bond donors (Lipinski definition) is 2. The number of carboxylic acids is 1. The molecule has 2 rings (SSSR count). The van der Waals surface area contributed by atoms with E-state index in [0.29, 0.717) is 5.69 Å². The molecular formula is C9H7BrN2O2S. The summed E-state index contributed by atoms with van der Waals surface area (Å²) in [5.41, 5.74) is 1.39. The SMILES string of the molecule is O=C(O)Cc1cc(-c2ccc(Br)s2)n[nH]1. The fourth-order valence-electron chi connectivity index (χ4n) is 1.19. The summed E-state index contributed by atoms with van der Waals surface area (Å²) in [6.45, 7) is 0. The van der Waals surface area contributed by atoms with Gasteiger partial charge in [-0.1, -0.05) is 0 Å². The summed E-state index contributed by atoms with van der Waals surface area (Å²) < 4.78 is 1.03. The minimum atomic E-state index is -0.863.